The molecule has 0 aliphatic carbocycles. The van der Waals surface area contributed by atoms with Gasteiger partial charge in [0.25, 0.3) is 0 Å². The van der Waals surface area contributed by atoms with Crippen LogP contribution >= 0.6 is 0 Å². The summed E-state index contributed by atoms with van der Waals surface area (Å²) >= 11 is 0. The molecule has 0 aromatic heterocycles. The first kappa shape index (κ1) is 9.98. The van der Waals surface area contributed by atoms with Crippen molar-refractivity contribution in [2.45, 2.75) is 31.8 Å². The first-order valence-electron chi connectivity index (χ1n) is 4.46. The predicted octanol–water partition coefficient (Wildman–Crippen LogP) is -1.27. The van der Waals surface area contributed by atoms with Crippen molar-refractivity contribution in [2.24, 2.45) is 5.73 Å². The fourth-order valence-corrected chi connectivity index (χ4v) is 1.27. The van der Waals surface area contributed by atoms with Crippen molar-refractivity contribution in [3.05, 3.63) is 0 Å². The summed E-state index contributed by atoms with van der Waals surface area (Å²) in [4.78, 5) is 22.4. The molecule has 1 heterocycles. The van der Waals surface area contributed by atoms with E-state index in [0.717, 1.165) is 6.42 Å². The van der Waals surface area contributed by atoms with Gasteiger partial charge in [-0.25, -0.2) is 0 Å². The minimum Gasteiger partial charge on any atom is -0.343 e. The van der Waals surface area contributed by atoms with Crippen LogP contribution in [0, 0.1) is 0 Å². The molecule has 13 heavy (non-hydrogen) atoms. The van der Waals surface area contributed by atoms with E-state index in [1.54, 1.807) is 6.92 Å². The summed E-state index contributed by atoms with van der Waals surface area (Å²) in [6.07, 6.45) is 1.35. The van der Waals surface area contributed by atoms with E-state index in [1.807, 2.05) is 0 Å². The number of carbonyl (C=O) groups is 2. The molecule has 0 bridgehead atoms. The number of piperazine rings is 1. The molecule has 4 N–H and O–H groups in total. The molecule has 0 radical (unpaired) electrons. The van der Waals surface area contributed by atoms with Crippen LogP contribution in [-0.2, 0) is 9.59 Å². The summed E-state index contributed by atoms with van der Waals surface area (Å²) in [7, 11) is 0. The van der Waals surface area contributed by atoms with E-state index in [-0.39, 0.29) is 11.8 Å². The van der Waals surface area contributed by atoms with Crippen LogP contribution in [0.5, 0.6) is 0 Å². The maximum Gasteiger partial charge on any atom is 0.243 e. The Morgan fingerprint density at radius 1 is 1.31 bits per heavy atom. The van der Waals surface area contributed by atoms with Gasteiger partial charge in [-0.15, -0.1) is 0 Å². The Morgan fingerprint density at radius 2 is 2.00 bits per heavy atom. The summed E-state index contributed by atoms with van der Waals surface area (Å²) in [6.45, 7) is 2.20. The number of hydrogen-bond acceptors (Lipinski definition) is 3. The third-order valence-corrected chi connectivity index (χ3v) is 2.08. The SMILES string of the molecule is CC1NC(=O)C(CCCN)NC1=O. The summed E-state index contributed by atoms with van der Waals surface area (Å²) in [5, 5.41) is 5.24. The van der Waals surface area contributed by atoms with Gasteiger partial charge in [0, 0.05) is 0 Å². The van der Waals surface area contributed by atoms with Gasteiger partial charge in [-0.2, -0.15) is 0 Å². The molecule has 2 unspecified atom stereocenters. The van der Waals surface area contributed by atoms with Crippen molar-refractivity contribution in [3.8, 4) is 0 Å². The van der Waals surface area contributed by atoms with Crippen LogP contribution in [0.25, 0.3) is 0 Å². The van der Waals surface area contributed by atoms with Gasteiger partial charge >= 0.3 is 0 Å². The Balaban J connectivity index is 2.46. The molecule has 0 aromatic rings. The topological polar surface area (TPSA) is 84.2 Å². The van der Waals surface area contributed by atoms with E-state index in [4.69, 9.17) is 5.73 Å². The van der Waals surface area contributed by atoms with Crippen molar-refractivity contribution in [1.29, 1.82) is 0 Å². The van der Waals surface area contributed by atoms with Crippen LogP contribution < -0.4 is 16.4 Å². The van der Waals surface area contributed by atoms with Gasteiger partial charge in [-0.1, -0.05) is 0 Å². The van der Waals surface area contributed by atoms with E-state index in [1.165, 1.54) is 0 Å². The lowest BCUT2D eigenvalue weighted by molar-refractivity contribution is -0.136. The number of nitrogens with one attached hydrogen (secondary N) is 2. The monoisotopic (exact) mass is 185 g/mol. The van der Waals surface area contributed by atoms with Crippen LogP contribution in [0.4, 0.5) is 0 Å². The molecule has 0 saturated carbocycles. The van der Waals surface area contributed by atoms with E-state index in [9.17, 15) is 9.59 Å². The minimum atomic E-state index is -0.415. The van der Waals surface area contributed by atoms with Gasteiger partial charge in [0.1, 0.15) is 12.1 Å². The first-order valence-corrected chi connectivity index (χ1v) is 4.46. The zero-order valence-electron chi connectivity index (χ0n) is 7.67. The number of hydrogen-bond donors (Lipinski definition) is 3. The fraction of sp³-hybridized carbons (Fsp3) is 0.750. The molecule has 1 saturated heterocycles. The van der Waals surface area contributed by atoms with Crippen LogP contribution in [0.15, 0.2) is 0 Å². The molecule has 0 aromatic carbocycles. The third kappa shape index (κ3) is 2.42. The van der Waals surface area contributed by atoms with Gasteiger partial charge < -0.3 is 16.4 Å². The highest BCUT2D eigenvalue weighted by Crippen LogP contribution is 2.02. The van der Waals surface area contributed by atoms with Crippen molar-refractivity contribution in [3.63, 3.8) is 0 Å². The Bertz CT molecular complexity index is 217. The Morgan fingerprint density at radius 3 is 2.62 bits per heavy atom. The molecule has 2 amide bonds. The molecule has 5 heteroatoms. The summed E-state index contributed by atoms with van der Waals surface area (Å²) < 4.78 is 0. The van der Waals surface area contributed by atoms with Gasteiger partial charge in [0.2, 0.25) is 11.8 Å². The first-order chi connectivity index (χ1) is 6.15. The molecule has 1 fully saturated rings. The standard InChI is InChI=1S/C8H15N3O2/c1-5-7(12)11-6(3-2-4-9)8(13)10-5/h5-6H,2-4,9H2,1H3,(H,10,13)(H,11,12). The minimum absolute atomic E-state index is 0.111. The van der Waals surface area contributed by atoms with Crippen molar-refractivity contribution < 1.29 is 9.59 Å². The van der Waals surface area contributed by atoms with Gasteiger partial charge in [-0.05, 0) is 26.3 Å². The van der Waals surface area contributed by atoms with Gasteiger partial charge in [-0.3, -0.25) is 9.59 Å². The van der Waals surface area contributed by atoms with Crippen LogP contribution in [0.3, 0.4) is 0 Å². The zero-order valence-corrected chi connectivity index (χ0v) is 7.67. The average Bonchev–Trinajstić information content (AvgIpc) is 2.09. The van der Waals surface area contributed by atoms with Gasteiger partial charge in [0.05, 0.1) is 0 Å². The molecule has 1 aliphatic heterocycles. The second-order valence-corrected chi connectivity index (χ2v) is 3.22. The Labute approximate surface area is 77.1 Å². The smallest absolute Gasteiger partial charge is 0.243 e. The lowest BCUT2D eigenvalue weighted by Gasteiger charge is -2.27. The predicted molar refractivity (Wildman–Crippen MR) is 47.8 cm³/mol. The molecule has 5 nitrogen and oxygen atoms in total. The highest BCUT2D eigenvalue weighted by atomic mass is 16.2. The second kappa shape index (κ2) is 4.23. The highest BCUT2D eigenvalue weighted by Gasteiger charge is 2.29. The zero-order chi connectivity index (χ0) is 9.84. The summed E-state index contributed by atoms with van der Waals surface area (Å²) in [5.41, 5.74) is 5.31. The van der Waals surface area contributed by atoms with Gasteiger partial charge in [0.15, 0.2) is 0 Å². The van der Waals surface area contributed by atoms with Crippen LogP contribution in [0.2, 0.25) is 0 Å². The molecule has 74 valence electrons. The normalized spacial score (nSPS) is 28.2. The average molecular weight is 185 g/mol. The van der Waals surface area contributed by atoms with Crippen LogP contribution in [0.1, 0.15) is 19.8 Å². The number of rotatable bonds is 3. The number of amides is 2. The molecule has 2 atom stereocenters. The van der Waals surface area contributed by atoms with E-state index < -0.39 is 12.1 Å². The maximum atomic E-state index is 11.3. The van der Waals surface area contributed by atoms with Crippen molar-refractivity contribution in [1.82, 2.24) is 10.6 Å². The van der Waals surface area contributed by atoms with E-state index in [0.29, 0.717) is 13.0 Å². The second-order valence-electron chi connectivity index (χ2n) is 3.22. The largest absolute Gasteiger partial charge is 0.343 e. The fourth-order valence-electron chi connectivity index (χ4n) is 1.27. The Kier molecular flexibility index (Phi) is 3.25. The van der Waals surface area contributed by atoms with E-state index >= 15 is 0 Å². The van der Waals surface area contributed by atoms with E-state index in [2.05, 4.69) is 10.6 Å². The number of nitrogens with two attached hydrogens (primary N) is 1. The molecular weight excluding hydrogens is 170 g/mol. The quantitative estimate of drug-likeness (QED) is 0.512. The third-order valence-electron chi connectivity index (χ3n) is 2.08. The number of carbonyl (C=O) groups excluding carboxylic acids is 2. The lowest BCUT2D eigenvalue weighted by atomic mass is 10.1. The maximum absolute atomic E-state index is 11.3. The van der Waals surface area contributed by atoms with Crippen molar-refractivity contribution >= 4 is 11.8 Å². The molecule has 1 aliphatic rings. The highest BCUT2D eigenvalue weighted by molar-refractivity contribution is 5.96. The summed E-state index contributed by atoms with van der Waals surface area (Å²) in [6, 6.07) is -0.811. The summed E-state index contributed by atoms with van der Waals surface area (Å²) in [5.74, 6) is -0.234. The van der Waals surface area contributed by atoms with Crippen molar-refractivity contribution in [2.75, 3.05) is 6.54 Å². The molecule has 1 rings (SSSR count). The molecule has 0 spiro atoms. The lowest BCUT2D eigenvalue weighted by Crippen LogP contribution is -2.60. The van der Waals surface area contributed by atoms with Crippen LogP contribution in [-0.4, -0.2) is 30.4 Å². The molecular formula is C8H15N3O2. The Hall–Kier alpha value is -1.10.